The third-order valence-corrected chi connectivity index (χ3v) is 4.07. The summed E-state index contributed by atoms with van der Waals surface area (Å²) in [5.41, 5.74) is 1.11. The number of rotatable bonds is 5. The van der Waals surface area contributed by atoms with E-state index in [0.717, 1.165) is 0 Å². The topological polar surface area (TPSA) is 112 Å². The molecule has 1 aromatic heterocycles. The van der Waals surface area contributed by atoms with E-state index in [9.17, 15) is 8.42 Å². The van der Waals surface area contributed by atoms with E-state index in [0.29, 0.717) is 17.0 Å². The zero-order valence-electron chi connectivity index (χ0n) is 10.7. The van der Waals surface area contributed by atoms with Gasteiger partial charge in [-0.15, -0.1) is 0 Å². The van der Waals surface area contributed by atoms with Gasteiger partial charge in [-0.05, 0) is 24.6 Å². The predicted octanol–water partition coefficient (Wildman–Crippen LogP) is 0.857. The minimum absolute atomic E-state index is 0.156. The quantitative estimate of drug-likeness (QED) is 0.848. The first-order valence-corrected chi connectivity index (χ1v) is 7.50. The van der Waals surface area contributed by atoms with Crippen molar-refractivity contribution in [3.05, 3.63) is 47.5 Å². The van der Waals surface area contributed by atoms with Crippen LogP contribution in [-0.4, -0.2) is 23.6 Å². The standard InChI is InChI=1S/C12H13N5O2S/c1-9(12-14-8-15-16-12)17-20(18,19)7-11-4-2-10(6-13)3-5-11/h2-5,8-9,17H,7H2,1H3,(H,14,15,16). The lowest BCUT2D eigenvalue weighted by atomic mass is 10.2. The van der Waals surface area contributed by atoms with Gasteiger partial charge in [0.2, 0.25) is 10.0 Å². The molecule has 0 bridgehead atoms. The molecule has 0 fully saturated rings. The van der Waals surface area contributed by atoms with Crippen molar-refractivity contribution < 1.29 is 8.42 Å². The van der Waals surface area contributed by atoms with Gasteiger partial charge in [-0.1, -0.05) is 12.1 Å². The Balaban J connectivity index is 2.05. The van der Waals surface area contributed by atoms with Gasteiger partial charge in [0.15, 0.2) is 0 Å². The van der Waals surface area contributed by atoms with Gasteiger partial charge in [-0.3, -0.25) is 5.10 Å². The highest BCUT2D eigenvalue weighted by Crippen LogP contribution is 2.11. The highest BCUT2D eigenvalue weighted by atomic mass is 32.2. The maximum Gasteiger partial charge on any atom is 0.216 e. The summed E-state index contributed by atoms with van der Waals surface area (Å²) in [7, 11) is -3.50. The van der Waals surface area contributed by atoms with Gasteiger partial charge in [0.25, 0.3) is 0 Å². The number of aromatic amines is 1. The van der Waals surface area contributed by atoms with Gasteiger partial charge in [-0.2, -0.15) is 10.4 Å². The summed E-state index contributed by atoms with van der Waals surface area (Å²) in [5.74, 6) is 0.297. The summed E-state index contributed by atoms with van der Waals surface area (Å²) in [4.78, 5) is 3.90. The van der Waals surface area contributed by atoms with Crippen molar-refractivity contribution in [3.63, 3.8) is 0 Å². The zero-order chi connectivity index (χ0) is 14.6. The van der Waals surface area contributed by atoms with Crippen molar-refractivity contribution in [1.29, 1.82) is 5.26 Å². The second kappa shape index (κ2) is 5.81. The van der Waals surface area contributed by atoms with Crippen LogP contribution in [0.3, 0.4) is 0 Å². The molecular weight excluding hydrogens is 278 g/mol. The Hall–Kier alpha value is -2.24. The van der Waals surface area contributed by atoms with Crippen molar-refractivity contribution >= 4 is 10.0 Å². The van der Waals surface area contributed by atoms with Crippen molar-refractivity contribution in [2.45, 2.75) is 18.7 Å². The molecule has 0 amide bonds. The van der Waals surface area contributed by atoms with E-state index in [-0.39, 0.29) is 5.75 Å². The molecule has 1 atom stereocenters. The van der Waals surface area contributed by atoms with E-state index < -0.39 is 16.1 Å². The molecule has 0 saturated carbocycles. The molecule has 1 heterocycles. The zero-order valence-corrected chi connectivity index (χ0v) is 11.6. The van der Waals surface area contributed by atoms with Crippen LogP contribution in [0.5, 0.6) is 0 Å². The number of sulfonamides is 1. The average Bonchev–Trinajstić information content (AvgIpc) is 2.92. The van der Waals surface area contributed by atoms with Crippen LogP contribution in [0.1, 0.15) is 29.9 Å². The summed E-state index contributed by atoms with van der Waals surface area (Å²) in [6.45, 7) is 1.68. The number of nitrogens with one attached hydrogen (secondary N) is 2. The van der Waals surface area contributed by atoms with Gasteiger partial charge in [0.05, 0.1) is 23.4 Å². The van der Waals surface area contributed by atoms with E-state index in [4.69, 9.17) is 5.26 Å². The van der Waals surface area contributed by atoms with Gasteiger partial charge in [0, 0.05) is 0 Å². The van der Waals surface area contributed by atoms with E-state index in [1.165, 1.54) is 6.33 Å². The molecule has 0 saturated heterocycles. The SMILES string of the molecule is CC(NS(=O)(=O)Cc1ccc(C#N)cc1)c1ncn[nH]1. The molecule has 20 heavy (non-hydrogen) atoms. The fourth-order valence-corrected chi connectivity index (χ4v) is 3.05. The number of nitrogens with zero attached hydrogens (tertiary/aromatic N) is 3. The largest absolute Gasteiger partial charge is 0.262 e. The van der Waals surface area contributed by atoms with Crippen LogP contribution in [0.4, 0.5) is 0 Å². The van der Waals surface area contributed by atoms with E-state index in [2.05, 4.69) is 19.9 Å². The molecule has 0 aliphatic carbocycles. The summed E-state index contributed by atoms with van der Waals surface area (Å²) in [6, 6.07) is 7.92. The molecule has 0 spiro atoms. The molecule has 8 heteroatoms. The first kappa shape index (κ1) is 14.2. The Bertz CT molecular complexity index is 701. The number of benzene rings is 1. The van der Waals surface area contributed by atoms with Crippen LogP contribution in [-0.2, 0) is 15.8 Å². The van der Waals surface area contributed by atoms with Crippen LogP contribution in [0, 0.1) is 11.3 Å². The highest BCUT2D eigenvalue weighted by molar-refractivity contribution is 7.88. The van der Waals surface area contributed by atoms with Crippen molar-refractivity contribution in [2.75, 3.05) is 0 Å². The number of hydrogen-bond acceptors (Lipinski definition) is 5. The molecule has 2 N–H and O–H groups in total. The molecule has 0 aliphatic rings. The number of aromatic nitrogens is 3. The van der Waals surface area contributed by atoms with Crippen LogP contribution in [0.25, 0.3) is 0 Å². The normalized spacial score (nSPS) is 12.8. The van der Waals surface area contributed by atoms with E-state index in [1.54, 1.807) is 31.2 Å². The lowest BCUT2D eigenvalue weighted by Gasteiger charge is -2.11. The summed E-state index contributed by atoms with van der Waals surface area (Å²) < 4.78 is 26.6. The Morgan fingerprint density at radius 3 is 2.65 bits per heavy atom. The fourth-order valence-electron chi connectivity index (χ4n) is 1.69. The second-order valence-electron chi connectivity index (χ2n) is 4.28. The van der Waals surface area contributed by atoms with Crippen molar-refractivity contribution in [2.24, 2.45) is 0 Å². The maximum absolute atomic E-state index is 12.0. The Labute approximate surface area is 116 Å². The molecule has 1 aromatic carbocycles. The third-order valence-electron chi connectivity index (χ3n) is 2.64. The monoisotopic (exact) mass is 291 g/mol. The van der Waals surface area contributed by atoms with Gasteiger partial charge < -0.3 is 0 Å². The van der Waals surface area contributed by atoms with Crippen LogP contribution < -0.4 is 4.72 Å². The number of hydrogen-bond donors (Lipinski definition) is 2. The first-order valence-electron chi connectivity index (χ1n) is 5.84. The van der Waals surface area contributed by atoms with Crippen LogP contribution in [0.15, 0.2) is 30.6 Å². The van der Waals surface area contributed by atoms with E-state index in [1.807, 2.05) is 6.07 Å². The van der Waals surface area contributed by atoms with Gasteiger partial charge in [-0.25, -0.2) is 18.1 Å². The molecule has 2 aromatic rings. The predicted molar refractivity (Wildman–Crippen MR) is 71.7 cm³/mol. The first-order chi connectivity index (χ1) is 9.50. The van der Waals surface area contributed by atoms with Crippen molar-refractivity contribution in [3.8, 4) is 6.07 Å². The Kier molecular flexibility index (Phi) is 4.12. The Morgan fingerprint density at radius 2 is 2.10 bits per heavy atom. The molecule has 0 radical (unpaired) electrons. The van der Waals surface area contributed by atoms with Crippen LogP contribution >= 0.6 is 0 Å². The summed E-state index contributed by atoms with van der Waals surface area (Å²) >= 11 is 0. The average molecular weight is 291 g/mol. The molecular formula is C12H13N5O2S. The third kappa shape index (κ3) is 3.63. The lowest BCUT2D eigenvalue weighted by Crippen LogP contribution is -2.28. The Morgan fingerprint density at radius 1 is 1.40 bits per heavy atom. The fraction of sp³-hybridized carbons (Fsp3) is 0.250. The molecule has 2 rings (SSSR count). The van der Waals surface area contributed by atoms with Gasteiger partial charge in [0.1, 0.15) is 12.2 Å². The number of H-pyrrole nitrogens is 1. The second-order valence-corrected chi connectivity index (χ2v) is 6.03. The van der Waals surface area contributed by atoms with Gasteiger partial charge >= 0.3 is 0 Å². The van der Waals surface area contributed by atoms with Crippen LogP contribution in [0.2, 0.25) is 0 Å². The minimum Gasteiger partial charge on any atom is -0.262 e. The molecule has 0 aliphatic heterocycles. The minimum atomic E-state index is -3.50. The lowest BCUT2D eigenvalue weighted by molar-refractivity contribution is 0.559. The molecule has 7 nitrogen and oxygen atoms in total. The smallest absolute Gasteiger partial charge is 0.216 e. The molecule has 1 unspecified atom stereocenters. The number of nitriles is 1. The van der Waals surface area contributed by atoms with E-state index >= 15 is 0 Å². The highest BCUT2D eigenvalue weighted by Gasteiger charge is 2.18. The summed E-state index contributed by atoms with van der Waals surface area (Å²) in [6.07, 6.45) is 1.32. The summed E-state index contributed by atoms with van der Waals surface area (Å²) in [5, 5.41) is 15.0. The molecule has 104 valence electrons. The maximum atomic E-state index is 12.0. The van der Waals surface area contributed by atoms with Crippen molar-refractivity contribution in [1.82, 2.24) is 19.9 Å².